The van der Waals surface area contributed by atoms with Gasteiger partial charge in [-0.25, -0.2) is 0 Å². The summed E-state index contributed by atoms with van der Waals surface area (Å²) in [6, 6.07) is 14.3. The van der Waals surface area contributed by atoms with Crippen LogP contribution in [-0.4, -0.2) is 18.0 Å². The molecule has 150 valence electrons. The number of carbonyl (C=O) groups is 1. The van der Waals surface area contributed by atoms with Gasteiger partial charge in [0, 0.05) is 39.3 Å². The lowest BCUT2D eigenvalue weighted by atomic mass is 9.99. The van der Waals surface area contributed by atoms with E-state index in [1.54, 1.807) is 48.7 Å². The molecule has 0 saturated heterocycles. The number of aromatic nitrogens is 1. The summed E-state index contributed by atoms with van der Waals surface area (Å²) in [5.41, 5.74) is 2.91. The van der Waals surface area contributed by atoms with Crippen LogP contribution in [-0.2, 0) is 0 Å². The monoisotopic (exact) mass is 428 g/mol. The summed E-state index contributed by atoms with van der Waals surface area (Å²) in [4.78, 5) is 19.6. The van der Waals surface area contributed by atoms with E-state index >= 15 is 0 Å². The van der Waals surface area contributed by atoms with E-state index in [2.05, 4.69) is 4.98 Å². The zero-order valence-electron chi connectivity index (χ0n) is 16.5. The van der Waals surface area contributed by atoms with Crippen LogP contribution in [0.4, 0.5) is 5.69 Å². The number of hydrogen-bond donors (Lipinski definition) is 0. The Labute approximate surface area is 181 Å². The van der Waals surface area contributed by atoms with Crippen molar-refractivity contribution in [3.63, 3.8) is 0 Å². The number of aryl methyl sites for hydroxylation is 1. The molecule has 1 aromatic heterocycles. The second-order valence-electron chi connectivity index (χ2n) is 6.66. The van der Waals surface area contributed by atoms with Crippen molar-refractivity contribution >= 4 is 34.8 Å². The SMILES string of the molecule is CCC(c1ccccc1OC)N(C(=O)c1ccncc1C)c1cc(Cl)cc(Cl)c1. The minimum absolute atomic E-state index is 0.152. The zero-order chi connectivity index (χ0) is 21.0. The second kappa shape index (κ2) is 9.29. The molecular formula is C23H22Cl2N2O2. The van der Waals surface area contributed by atoms with Gasteiger partial charge in [-0.05, 0) is 49.2 Å². The fourth-order valence-corrected chi connectivity index (χ4v) is 3.96. The van der Waals surface area contributed by atoms with Crippen molar-refractivity contribution in [3.8, 4) is 5.75 Å². The maximum atomic E-state index is 13.7. The molecule has 0 aliphatic carbocycles. The molecule has 0 bridgehead atoms. The number of para-hydroxylation sites is 1. The summed E-state index contributed by atoms with van der Waals surface area (Å²) < 4.78 is 5.57. The smallest absolute Gasteiger partial charge is 0.259 e. The summed E-state index contributed by atoms with van der Waals surface area (Å²) in [7, 11) is 1.63. The lowest BCUT2D eigenvalue weighted by Crippen LogP contribution is -2.35. The van der Waals surface area contributed by atoms with E-state index in [9.17, 15) is 4.79 Å². The fraction of sp³-hybridized carbons (Fsp3) is 0.217. The first-order chi connectivity index (χ1) is 14.0. The third-order valence-electron chi connectivity index (χ3n) is 4.79. The van der Waals surface area contributed by atoms with Crippen LogP contribution in [0.3, 0.4) is 0 Å². The Morgan fingerprint density at radius 3 is 2.45 bits per heavy atom. The third kappa shape index (κ3) is 4.55. The van der Waals surface area contributed by atoms with Gasteiger partial charge in [-0.3, -0.25) is 9.78 Å². The number of pyridine rings is 1. The van der Waals surface area contributed by atoms with Crippen molar-refractivity contribution in [2.75, 3.05) is 12.0 Å². The van der Waals surface area contributed by atoms with Crippen LogP contribution in [0.1, 0.15) is 40.9 Å². The van der Waals surface area contributed by atoms with Gasteiger partial charge in [0.2, 0.25) is 0 Å². The Balaban J connectivity index is 2.21. The number of carbonyl (C=O) groups excluding carboxylic acids is 1. The van der Waals surface area contributed by atoms with Crippen molar-refractivity contribution < 1.29 is 9.53 Å². The normalized spacial score (nSPS) is 11.8. The molecule has 0 aliphatic heterocycles. The highest BCUT2D eigenvalue weighted by atomic mass is 35.5. The Bertz CT molecular complexity index is 1000. The Kier molecular flexibility index (Phi) is 6.78. The highest BCUT2D eigenvalue weighted by molar-refractivity contribution is 6.35. The first-order valence-electron chi connectivity index (χ1n) is 9.29. The number of halogens is 2. The Morgan fingerprint density at radius 1 is 1.14 bits per heavy atom. The van der Waals surface area contributed by atoms with Gasteiger partial charge in [0.25, 0.3) is 5.91 Å². The maximum absolute atomic E-state index is 13.7. The molecule has 3 aromatic rings. The highest BCUT2D eigenvalue weighted by Gasteiger charge is 2.29. The van der Waals surface area contributed by atoms with Crippen molar-refractivity contribution in [2.24, 2.45) is 0 Å². The van der Waals surface area contributed by atoms with Crippen molar-refractivity contribution in [1.82, 2.24) is 4.98 Å². The van der Waals surface area contributed by atoms with E-state index in [-0.39, 0.29) is 11.9 Å². The van der Waals surface area contributed by atoms with E-state index in [0.717, 1.165) is 16.9 Å². The first-order valence-corrected chi connectivity index (χ1v) is 10.0. The van der Waals surface area contributed by atoms with Crippen LogP contribution in [0.5, 0.6) is 5.75 Å². The molecule has 0 aliphatic rings. The lowest BCUT2D eigenvalue weighted by Gasteiger charge is -2.33. The van der Waals surface area contributed by atoms with E-state index < -0.39 is 0 Å². The van der Waals surface area contributed by atoms with Gasteiger partial charge >= 0.3 is 0 Å². The topological polar surface area (TPSA) is 42.4 Å². The number of hydrogen-bond acceptors (Lipinski definition) is 3. The van der Waals surface area contributed by atoms with E-state index in [4.69, 9.17) is 27.9 Å². The van der Waals surface area contributed by atoms with Crippen LogP contribution in [0, 0.1) is 6.92 Å². The predicted molar refractivity (Wildman–Crippen MR) is 118 cm³/mol. The van der Waals surface area contributed by atoms with Crippen molar-refractivity contribution in [1.29, 1.82) is 0 Å². The standard InChI is InChI=1S/C23H22Cl2N2O2/c1-4-21(20-7-5-6-8-22(20)29-3)27(18-12-16(24)11-17(25)13-18)23(28)19-9-10-26-14-15(19)2/h5-14,21H,4H2,1-3H3. The lowest BCUT2D eigenvalue weighted by molar-refractivity contribution is 0.0974. The van der Waals surface area contributed by atoms with Crippen LogP contribution in [0.2, 0.25) is 10.0 Å². The molecule has 0 fully saturated rings. The first kappa shape index (κ1) is 21.2. The number of methoxy groups -OCH3 is 1. The number of amides is 1. The van der Waals surface area contributed by atoms with Crippen molar-refractivity contribution in [2.45, 2.75) is 26.3 Å². The number of rotatable bonds is 6. The van der Waals surface area contributed by atoms with Gasteiger partial charge in [0.05, 0.1) is 13.2 Å². The predicted octanol–water partition coefficient (Wildman–Crippen LogP) is 6.50. The molecule has 4 nitrogen and oxygen atoms in total. The van der Waals surface area contributed by atoms with Crippen molar-refractivity contribution in [3.05, 3.63) is 87.7 Å². The fourth-order valence-electron chi connectivity index (χ4n) is 3.44. The molecule has 1 atom stereocenters. The van der Waals surface area contributed by atoms with E-state index in [0.29, 0.717) is 27.7 Å². The molecule has 0 saturated carbocycles. The molecule has 0 radical (unpaired) electrons. The maximum Gasteiger partial charge on any atom is 0.259 e. The van der Waals surface area contributed by atoms with Crippen LogP contribution >= 0.6 is 23.2 Å². The molecular weight excluding hydrogens is 407 g/mol. The quantitative estimate of drug-likeness (QED) is 0.449. The summed E-state index contributed by atoms with van der Waals surface area (Å²) in [6.07, 6.45) is 3.97. The molecule has 1 amide bonds. The number of ether oxygens (including phenoxy) is 1. The van der Waals surface area contributed by atoms with Gasteiger partial charge in [-0.15, -0.1) is 0 Å². The molecule has 6 heteroatoms. The third-order valence-corrected chi connectivity index (χ3v) is 5.23. The molecule has 0 N–H and O–H groups in total. The van der Waals surface area contributed by atoms with E-state index in [1.807, 2.05) is 38.1 Å². The molecule has 1 unspecified atom stereocenters. The summed E-state index contributed by atoms with van der Waals surface area (Å²) >= 11 is 12.5. The molecule has 2 aromatic carbocycles. The molecule has 29 heavy (non-hydrogen) atoms. The van der Waals surface area contributed by atoms with Gasteiger partial charge < -0.3 is 9.64 Å². The van der Waals surface area contributed by atoms with E-state index in [1.165, 1.54) is 0 Å². The van der Waals surface area contributed by atoms with Crippen LogP contribution < -0.4 is 9.64 Å². The number of nitrogens with zero attached hydrogens (tertiary/aromatic N) is 2. The van der Waals surface area contributed by atoms with Gasteiger partial charge in [0.15, 0.2) is 0 Å². The largest absolute Gasteiger partial charge is 0.496 e. The van der Waals surface area contributed by atoms with Gasteiger partial charge in [-0.1, -0.05) is 48.3 Å². The Hall–Kier alpha value is -2.56. The molecule has 1 heterocycles. The highest BCUT2D eigenvalue weighted by Crippen LogP contribution is 2.38. The van der Waals surface area contributed by atoms with Crippen LogP contribution in [0.15, 0.2) is 60.9 Å². The molecule has 0 spiro atoms. The number of anilines is 1. The summed E-state index contributed by atoms with van der Waals surface area (Å²) in [5, 5.41) is 0.929. The van der Waals surface area contributed by atoms with Gasteiger partial charge in [0.1, 0.15) is 5.75 Å². The van der Waals surface area contributed by atoms with Gasteiger partial charge in [-0.2, -0.15) is 0 Å². The summed E-state index contributed by atoms with van der Waals surface area (Å²) in [5.74, 6) is 0.567. The molecule has 3 rings (SSSR count). The number of benzene rings is 2. The minimum Gasteiger partial charge on any atom is -0.496 e. The second-order valence-corrected chi connectivity index (χ2v) is 7.53. The summed E-state index contributed by atoms with van der Waals surface area (Å²) in [6.45, 7) is 3.90. The zero-order valence-corrected chi connectivity index (χ0v) is 18.0. The minimum atomic E-state index is -0.277. The average molecular weight is 429 g/mol. The van der Waals surface area contributed by atoms with Crippen LogP contribution in [0.25, 0.3) is 0 Å². The average Bonchev–Trinajstić information content (AvgIpc) is 2.71. The Morgan fingerprint density at radius 2 is 1.83 bits per heavy atom.